The Balaban J connectivity index is 1.90. The van der Waals surface area contributed by atoms with Crippen molar-refractivity contribution in [2.75, 3.05) is 6.54 Å². The molecule has 2 aromatic rings. The number of ketones is 2. The average molecular weight is 381 g/mol. The normalized spacial score (nSPS) is 19.1. The molecule has 1 atom stereocenters. The van der Waals surface area contributed by atoms with E-state index in [-0.39, 0.29) is 11.5 Å². The van der Waals surface area contributed by atoms with E-state index < -0.39 is 29.8 Å². The zero-order valence-corrected chi connectivity index (χ0v) is 16.4. The van der Waals surface area contributed by atoms with E-state index in [9.17, 15) is 19.2 Å². The maximum Gasteiger partial charge on any atom is 0.325 e. The van der Waals surface area contributed by atoms with Crippen LogP contribution in [-0.2, 0) is 10.3 Å². The molecule has 1 aromatic carbocycles. The highest BCUT2D eigenvalue weighted by Gasteiger charge is 2.51. The Morgan fingerprint density at radius 2 is 1.75 bits per heavy atom. The van der Waals surface area contributed by atoms with Crippen molar-refractivity contribution in [1.82, 2.24) is 15.2 Å². The van der Waals surface area contributed by atoms with Gasteiger partial charge in [0, 0.05) is 11.3 Å². The largest absolute Gasteiger partial charge is 0.355 e. The van der Waals surface area contributed by atoms with Crippen LogP contribution in [0, 0.1) is 13.8 Å². The van der Waals surface area contributed by atoms with E-state index in [0.717, 1.165) is 4.90 Å². The fourth-order valence-electron chi connectivity index (χ4n) is 3.91. The number of imide groups is 1. The van der Waals surface area contributed by atoms with Crippen LogP contribution in [0.25, 0.3) is 0 Å². The van der Waals surface area contributed by atoms with Crippen LogP contribution in [0.15, 0.2) is 30.3 Å². The number of amides is 3. The minimum Gasteiger partial charge on any atom is -0.355 e. The van der Waals surface area contributed by atoms with E-state index in [1.54, 1.807) is 38.1 Å². The summed E-state index contributed by atoms with van der Waals surface area (Å²) >= 11 is 0. The molecule has 0 saturated carbocycles. The van der Waals surface area contributed by atoms with E-state index in [0.29, 0.717) is 28.8 Å². The summed E-state index contributed by atoms with van der Waals surface area (Å²) in [5.74, 6) is -1.02. The summed E-state index contributed by atoms with van der Waals surface area (Å²) in [6.07, 6.45) is 0.362. The lowest BCUT2D eigenvalue weighted by Gasteiger charge is -2.25. The Kier molecular flexibility index (Phi) is 4.93. The first-order valence-electron chi connectivity index (χ1n) is 9.15. The number of aromatic nitrogens is 1. The van der Waals surface area contributed by atoms with Crippen molar-refractivity contribution in [1.29, 1.82) is 0 Å². The third kappa shape index (κ3) is 2.93. The van der Waals surface area contributed by atoms with Crippen molar-refractivity contribution in [2.24, 2.45) is 0 Å². The van der Waals surface area contributed by atoms with Gasteiger partial charge in [-0.1, -0.05) is 37.3 Å². The van der Waals surface area contributed by atoms with Crippen LogP contribution in [0.3, 0.4) is 0 Å². The number of H-pyrrole nitrogens is 1. The molecule has 7 nitrogen and oxygen atoms in total. The predicted octanol–water partition coefficient (Wildman–Crippen LogP) is 2.87. The molecule has 0 bridgehead atoms. The Morgan fingerprint density at radius 3 is 2.29 bits per heavy atom. The molecule has 1 aromatic heterocycles. The summed E-state index contributed by atoms with van der Waals surface area (Å²) in [5, 5.41) is 2.76. The zero-order chi connectivity index (χ0) is 20.6. The molecule has 0 radical (unpaired) electrons. The van der Waals surface area contributed by atoms with Crippen LogP contribution in [0.1, 0.15) is 57.9 Å². The van der Waals surface area contributed by atoms with Crippen LogP contribution in [0.4, 0.5) is 4.79 Å². The van der Waals surface area contributed by atoms with Gasteiger partial charge in [-0.05, 0) is 38.3 Å². The van der Waals surface area contributed by atoms with Crippen molar-refractivity contribution in [3.8, 4) is 0 Å². The number of Topliss-reactive ketones (excluding diaryl/α,β-unsaturated/α-hetero) is 2. The Bertz CT molecular complexity index is 977. The van der Waals surface area contributed by atoms with Gasteiger partial charge < -0.3 is 10.3 Å². The molecule has 1 aliphatic rings. The van der Waals surface area contributed by atoms with E-state index in [4.69, 9.17) is 0 Å². The second kappa shape index (κ2) is 7.07. The number of aryl methyl sites for hydroxylation is 1. The van der Waals surface area contributed by atoms with Crippen LogP contribution in [0.2, 0.25) is 0 Å². The smallest absolute Gasteiger partial charge is 0.325 e. The van der Waals surface area contributed by atoms with Crippen molar-refractivity contribution in [2.45, 2.75) is 39.7 Å². The molecule has 3 amide bonds. The van der Waals surface area contributed by atoms with E-state index in [1.807, 2.05) is 13.0 Å². The van der Waals surface area contributed by atoms with Gasteiger partial charge in [0.2, 0.25) is 0 Å². The highest BCUT2D eigenvalue weighted by molar-refractivity contribution is 6.12. The van der Waals surface area contributed by atoms with Gasteiger partial charge in [-0.2, -0.15) is 0 Å². The Hall–Kier alpha value is -3.22. The molecule has 3 rings (SSSR count). The maximum atomic E-state index is 13.1. The second-order valence-electron chi connectivity index (χ2n) is 7.05. The first-order chi connectivity index (χ1) is 13.2. The van der Waals surface area contributed by atoms with Gasteiger partial charge in [0.15, 0.2) is 11.6 Å². The van der Waals surface area contributed by atoms with Crippen LogP contribution < -0.4 is 5.32 Å². The van der Waals surface area contributed by atoms with Gasteiger partial charge >= 0.3 is 6.03 Å². The molecule has 1 saturated heterocycles. The van der Waals surface area contributed by atoms with Crippen molar-refractivity contribution in [3.63, 3.8) is 0 Å². The van der Waals surface area contributed by atoms with Crippen LogP contribution in [0.5, 0.6) is 0 Å². The van der Waals surface area contributed by atoms with Gasteiger partial charge in [-0.3, -0.25) is 19.3 Å². The summed E-state index contributed by atoms with van der Waals surface area (Å²) < 4.78 is 0. The summed E-state index contributed by atoms with van der Waals surface area (Å²) in [5.41, 5.74) is 1.34. The molecule has 1 fully saturated rings. The van der Waals surface area contributed by atoms with Gasteiger partial charge in [-0.25, -0.2) is 4.79 Å². The zero-order valence-electron chi connectivity index (χ0n) is 16.4. The number of urea groups is 1. The lowest BCUT2D eigenvalue weighted by molar-refractivity contribution is -0.131. The number of carbonyl (C=O) groups excluding carboxylic acids is 4. The molecule has 0 unspecified atom stereocenters. The van der Waals surface area contributed by atoms with Gasteiger partial charge in [0.05, 0.1) is 12.2 Å². The Labute approximate surface area is 163 Å². The lowest BCUT2D eigenvalue weighted by Crippen LogP contribution is -2.43. The molecular weight excluding hydrogens is 358 g/mol. The lowest BCUT2D eigenvalue weighted by atomic mass is 9.87. The van der Waals surface area contributed by atoms with Gasteiger partial charge in [0.25, 0.3) is 5.91 Å². The van der Waals surface area contributed by atoms with E-state index >= 15 is 0 Å². The van der Waals surface area contributed by atoms with Gasteiger partial charge in [0.1, 0.15) is 5.54 Å². The monoisotopic (exact) mass is 381 g/mol. The molecular formula is C21H23N3O4. The van der Waals surface area contributed by atoms with E-state index in [1.165, 1.54) is 6.92 Å². The Morgan fingerprint density at radius 1 is 1.11 bits per heavy atom. The average Bonchev–Trinajstić information content (AvgIpc) is 3.10. The van der Waals surface area contributed by atoms with Gasteiger partial charge in [-0.15, -0.1) is 0 Å². The molecule has 1 aliphatic heterocycles. The number of hydrogen-bond donors (Lipinski definition) is 2. The number of carbonyl (C=O) groups is 4. The summed E-state index contributed by atoms with van der Waals surface area (Å²) in [4.78, 5) is 54.2. The molecule has 7 heteroatoms. The number of nitrogens with zero attached hydrogens (tertiary/aromatic N) is 1. The quantitative estimate of drug-likeness (QED) is 0.594. The van der Waals surface area contributed by atoms with Crippen LogP contribution >= 0.6 is 0 Å². The molecule has 0 aliphatic carbocycles. The predicted molar refractivity (Wildman–Crippen MR) is 103 cm³/mol. The highest BCUT2D eigenvalue weighted by Crippen LogP contribution is 2.32. The number of hydrogen-bond acceptors (Lipinski definition) is 4. The minimum absolute atomic E-state index is 0.144. The fraction of sp³-hybridized carbons (Fsp3) is 0.333. The molecule has 146 valence electrons. The standard InChI is InChI=1S/C21H23N3O4/c1-5-21(15-9-7-6-8-10-15)19(27)24(20(28)23-21)11-16(26)18-12(2)17(14(4)25)13(3)22-18/h6-10,22H,5,11H2,1-4H3,(H,23,28)/t21-/m1/s1. The van der Waals surface area contributed by atoms with Crippen molar-refractivity contribution in [3.05, 3.63) is 58.4 Å². The SMILES string of the molecule is CC[C@]1(c2ccccc2)NC(=O)N(CC(=O)c2[nH]c(C)c(C(C)=O)c2C)C1=O. The number of rotatable bonds is 6. The highest BCUT2D eigenvalue weighted by atomic mass is 16.2. The fourth-order valence-corrected chi connectivity index (χ4v) is 3.91. The third-order valence-electron chi connectivity index (χ3n) is 5.34. The van der Waals surface area contributed by atoms with Crippen molar-refractivity contribution >= 4 is 23.5 Å². The summed E-state index contributed by atoms with van der Waals surface area (Å²) in [6.45, 7) is 6.25. The maximum absolute atomic E-state index is 13.1. The molecule has 0 spiro atoms. The first kappa shape index (κ1) is 19.5. The van der Waals surface area contributed by atoms with Crippen molar-refractivity contribution < 1.29 is 19.2 Å². The number of nitrogens with one attached hydrogen (secondary N) is 2. The molecule has 2 heterocycles. The number of benzene rings is 1. The summed E-state index contributed by atoms with van der Waals surface area (Å²) in [6, 6.07) is 8.40. The topological polar surface area (TPSA) is 99.3 Å². The van der Waals surface area contributed by atoms with Crippen LogP contribution in [-0.4, -0.2) is 39.9 Å². The minimum atomic E-state index is -1.18. The first-order valence-corrected chi connectivity index (χ1v) is 9.15. The molecule has 28 heavy (non-hydrogen) atoms. The van der Waals surface area contributed by atoms with E-state index in [2.05, 4.69) is 10.3 Å². The summed E-state index contributed by atoms with van der Waals surface area (Å²) in [7, 11) is 0. The third-order valence-corrected chi connectivity index (χ3v) is 5.34. The molecule has 2 N–H and O–H groups in total. The number of aromatic amines is 1. The second-order valence-corrected chi connectivity index (χ2v) is 7.05.